The van der Waals surface area contributed by atoms with E-state index in [1.165, 1.54) is 0 Å². The molecule has 1 aliphatic carbocycles. The van der Waals surface area contributed by atoms with Crippen LogP contribution in [0.4, 0.5) is 0 Å². The van der Waals surface area contributed by atoms with Crippen molar-refractivity contribution in [3.8, 4) is 0 Å². The van der Waals surface area contributed by atoms with Gasteiger partial charge in [0.15, 0.2) is 4.21 Å². The largest absolute Gasteiger partial charge is 0.315 e. The standard InChI is InChI=1S/C11H18N2O3S2/c1-3-4-11(5-6-11)7-12-18(15,16)9-8(2)13-10(14)17-9/h12H,3-7H2,1-2H3,(H,13,14). The van der Waals surface area contributed by atoms with Gasteiger partial charge in [0.2, 0.25) is 0 Å². The van der Waals surface area contributed by atoms with Crippen LogP contribution in [0.15, 0.2) is 9.00 Å². The molecular weight excluding hydrogens is 272 g/mol. The first-order chi connectivity index (χ1) is 8.38. The summed E-state index contributed by atoms with van der Waals surface area (Å²) in [6, 6.07) is 0. The molecule has 0 unspecified atom stereocenters. The zero-order chi connectivity index (χ0) is 13.4. The van der Waals surface area contributed by atoms with Crippen LogP contribution in [0.5, 0.6) is 0 Å². The zero-order valence-corrected chi connectivity index (χ0v) is 12.2. The molecule has 1 fully saturated rings. The third-order valence-corrected chi connectivity index (χ3v) is 6.41. The number of aryl methyl sites for hydroxylation is 1. The van der Waals surface area contributed by atoms with Gasteiger partial charge in [0, 0.05) is 12.2 Å². The molecule has 102 valence electrons. The topological polar surface area (TPSA) is 79.0 Å². The van der Waals surface area contributed by atoms with Crippen LogP contribution in [0.1, 0.15) is 38.3 Å². The van der Waals surface area contributed by atoms with Crippen molar-refractivity contribution in [1.82, 2.24) is 9.71 Å². The summed E-state index contributed by atoms with van der Waals surface area (Å²) in [6.07, 6.45) is 4.30. The van der Waals surface area contributed by atoms with Gasteiger partial charge in [0.1, 0.15) is 0 Å². The molecule has 1 saturated carbocycles. The van der Waals surface area contributed by atoms with Crippen molar-refractivity contribution in [1.29, 1.82) is 0 Å². The number of aromatic nitrogens is 1. The number of H-pyrrole nitrogens is 1. The van der Waals surface area contributed by atoms with Crippen molar-refractivity contribution in [2.75, 3.05) is 6.54 Å². The van der Waals surface area contributed by atoms with Gasteiger partial charge in [0.05, 0.1) is 0 Å². The second kappa shape index (κ2) is 4.79. The SMILES string of the molecule is CCCC1(CNS(=O)(=O)c2sc(=O)[nH]c2C)CC1. The van der Waals surface area contributed by atoms with Crippen LogP contribution in [-0.2, 0) is 10.0 Å². The monoisotopic (exact) mass is 290 g/mol. The van der Waals surface area contributed by atoms with E-state index in [0.717, 1.165) is 37.0 Å². The average Bonchev–Trinajstić information content (AvgIpc) is 2.96. The lowest BCUT2D eigenvalue weighted by Gasteiger charge is -2.14. The predicted octanol–water partition coefficient (Wildman–Crippen LogP) is 1.60. The second-order valence-electron chi connectivity index (χ2n) is 5.00. The highest BCUT2D eigenvalue weighted by molar-refractivity contribution is 7.91. The van der Waals surface area contributed by atoms with Crippen LogP contribution in [0, 0.1) is 12.3 Å². The molecule has 0 atom stereocenters. The molecule has 0 aromatic carbocycles. The van der Waals surface area contributed by atoms with Crippen LogP contribution < -0.4 is 9.60 Å². The smallest absolute Gasteiger partial charge is 0.305 e. The maximum absolute atomic E-state index is 12.1. The van der Waals surface area contributed by atoms with Crippen molar-refractivity contribution in [2.45, 2.75) is 43.7 Å². The molecule has 0 amide bonds. The Hall–Kier alpha value is -0.660. The fourth-order valence-corrected chi connectivity index (χ4v) is 4.68. The minimum atomic E-state index is -3.54. The molecule has 0 aliphatic heterocycles. The Morgan fingerprint density at radius 1 is 1.44 bits per heavy atom. The quantitative estimate of drug-likeness (QED) is 0.835. The van der Waals surface area contributed by atoms with Crippen molar-refractivity contribution >= 4 is 21.4 Å². The average molecular weight is 290 g/mol. The number of nitrogens with one attached hydrogen (secondary N) is 2. The maximum atomic E-state index is 12.1. The molecule has 1 aromatic heterocycles. The zero-order valence-electron chi connectivity index (χ0n) is 10.6. The van der Waals surface area contributed by atoms with Gasteiger partial charge in [-0.3, -0.25) is 4.79 Å². The van der Waals surface area contributed by atoms with Gasteiger partial charge >= 0.3 is 4.87 Å². The highest BCUT2D eigenvalue weighted by Gasteiger charge is 2.42. The summed E-state index contributed by atoms with van der Waals surface area (Å²) in [5.74, 6) is 0. The first kappa shape index (κ1) is 13.8. The molecule has 0 bridgehead atoms. The van der Waals surface area contributed by atoms with E-state index in [0.29, 0.717) is 12.2 Å². The summed E-state index contributed by atoms with van der Waals surface area (Å²) in [4.78, 5) is 13.3. The van der Waals surface area contributed by atoms with E-state index in [1.54, 1.807) is 6.92 Å². The predicted molar refractivity (Wildman–Crippen MR) is 71.4 cm³/mol. The van der Waals surface area contributed by atoms with Crippen LogP contribution >= 0.6 is 11.3 Å². The number of hydrogen-bond acceptors (Lipinski definition) is 4. The van der Waals surface area contributed by atoms with E-state index in [9.17, 15) is 13.2 Å². The maximum Gasteiger partial charge on any atom is 0.305 e. The molecule has 7 heteroatoms. The van der Waals surface area contributed by atoms with Crippen LogP contribution in [0.25, 0.3) is 0 Å². The molecule has 0 spiro atoms. The first-order valence-electron chi connectivity index (χ1n) is 6.08. The Labute approximate surface area is 111 Å². The minimum Gasteiger partial charge on any atom is -0.315 e. The number of thiazole rings is 1. The van der Waals surface area contributed by atoms with E-state index in [2.05, 4.69) is 16.6 Å². The minimum absolute atomic E-state index is 0.111. The summed E-state index contributed by atoms with van der Waals surface area (Å²) >= 11 is 0.744. The van der Waals surface area contributed by atoms with Crippen molar-refractivity contribution in [3.63, 3.8) is 0 Å². The van der Waals surface area contributed by atoms with Gasteiger partial charge in [-0.05, 0) is 31.6 Å². The molecule has 1 heterocycles. The van der Waals surface area contributed by atoms with E-state index >= 15 is 0 Å². The Kier molecular flexibility index (Phi) is 3.66. The van der Waals surface area contributed by atoms with Crippen molar-refractivity contribution in [2.24, 2.45) is 5.41 Å². The van der Waals surface area contributed by atoms with E-state index in [1.807, 2.05) is 0 Å². The van der Waals surface area contributed by atoms with E-state index in [-0.39, 0.29) is 14.5 Å². The van der Waals surface area contributed by atoms with Gasteiger partial charge in [-0.15, -0.1) is 0 Å². The third-order valence-electron chi connectivity index (χ3n) is 3.40. The second-order valence-corrected chi connectivity index (χ2v) is 7.95. The molecule has 2 rings (SSSR count). The van der Waals surface area contributed by atoms with E-state index in [4.69, 9.17) is 0 Å². The molecule has 5 nitrogen and oxygen atoms in total. The van der Waals surface area contributed by atoms with E-state index < -0.39 is 10.0 Å². The lowest BCUT2D eigenvalue weighted by molar-refractivity contribution is 0.449. The Bertz CT molecular complexity index is 582. The van der Waals surface area contributed by atoms with Crippen LogP contribution in [0.2, 0.25) is 0 Å². The fraction of sp³-hybridized carbons (Fsp3) is 0.727. The van der Waals surface area contributed by atoms with Gasteiger partial charge in [0.25, 0.3) is 10.0 Å². The summed E-state index contributed by atoms with van der Waals surface area (Å²) in [6.45, 7) is 4.19. The molecule has 18 heavy (non-hydrogen) atoms. The van der Waals surface area contributed by atoms with Gasteiger partial charge in [-0.1, -0.05) is 24.7 Å². The van der Waals surface area contributed by atoms with Gasteiger partial charge in [-0.25, -0.2) is 13.1 Å². The summed E-state index contributed by atoms with van der Waals surface area (Å²) in [7, 11) is -3.54. The number of sulfonamides is 1. The summed E-state index contributed by atoms with van der Waals surface area (Å²) in [5.41, 5.74) is 0.578. The molecular formula is C11H18N2O3S2. The lowest BCUT2D eigenvalue weighted by atomic mass is 10.0. The highest BCUT2D eigenvalue weighted by atomic mass is 32.2. The third kappa shape index (κ3) is 2.84. The summed E-state index contributed by atoms with van der Waals surface area (Å²) < 4.78 is 26.9. The lowest BCUT2D eigenvalue weighted by Crippen LogP contribution is -2.30. The Balaban J connectivity index is 2.09. The number of rotatable bonds is 6. The fourth-order valence-electron chi connectivity index (χ4n) is 2.18. The molecule has 1 aliphatic rings. The highest BCUT2D eigenvalue weighted by Crippen LogP contribution is 2.49. The number of aromatic amines is 1. The van der Waals surface area contributed by atoms with Crippen molar-refractivity contribution < 1.29 is 8.42 Å². The Morgan fingerprint density at radius 2 is 2.11 bits per heavy atom. The Morgan fingerprint density at radius 3 is 2.56 bits per heavy atom. The summed E-state index contributed by atoms with van der Waals surface area (Å²) in [5, 5.41) is 0. The normalized spacial score (nSPS) is 17.9. The van der Waals surface area contributed by atoms with Crippen molar-refractivity contribution in [3.05, 3.63) is 15.4 Å². The first-order valence-corrected chi connectivity index (χ1v) is 8.38. The molecule has 0 saturated heterocycles. The van der Waals surface area contributed by atoms with Gasteiger partial charge < -0.3 is 4.98 Å². The molecule has 1 aromatic rings. The van der Waals surface area contributed by atoms with Crippen LogP contribution in [-0.4, -0.2) is 19.9 Å². The van der Waals surface area contributed by atoms with Crippen LogP contribution in [0.3, 0.4) is 0 Å². The number of hydrogen-bond donors (Lipinski definition) is 2. The molecule has 2 N–H and O–H groups in total. The molecule has 0 radical (unpaired) electrons. The van der Waals surface area contributed by atoms with Gasteiger partial charge in [-0.2, -0.15) is 0 Å².